The van der Waals surface area contributed by atoms with Crippen LogP contribution in [0.2, 0.25) is 0 Å². The fourth-order valence-electron chi connectivity index (χ4n) is 2.28. The van der Waals surface area contributed by atoms with Crippen molar-refractivity contribution in [2.75, 3.05) is 0 Å². The Hall–Kier alpha value is -0.975. The Labute approximate surface area is 143 Å². The third kappa shape index (κ3) is 3.59. The third-order valence-electron chi connectivity index (χ3n) is 4.64. The van der Waals surface area contributed by atoms with E-state index < -0.39 is 17.8 Å². The normalized spacial score (nSPS) is 19.9. The summed E-state index contributed by atoms with van der Waals surface area (Å²) in [5, 5.41) is 9.25. The van der Waals surface area contributed by atoms with Crippen molar-refractivity contribution in [2.45, 2.75) is 69.3 Å². The van der Waals surface area contributed by atoms with Crippen LogP contribution in [0.5, 0.6) is 0 Å². The first kappa shape index (κ1) is 18.4. The van der Waals surface area contributed by atoms with Gasteiger partial charge in [-0.25, -0.2) is 0 Å². The predicted molar refractivity (Wildman–Crippen MR) is 94.5 cm³/mol. The summed E-state index contributed by atoms with van der Waals surface area (Å²) in [7, 11) is -0.397. The topological polar surface area (TPSA) is 55.8 Å². The zero-order valence-corrected chi connectivity index (χ0v) is 15.7. The SMILES string of the molecule is Cc1cc(SC(C)(C)C(=O)O)ccc1B1OC(C)(C)C(C)(C)O1. The lowest BCUT2D eigenvalue weighted by Crippen LogP contribution is -2.41. The lowest BCUT2D eigenvalue weighted by molar-refractivity contribution is -0.138. The van der Waals surface area contributed by atoms with E-state index in [-0.39, 0.29) is 11.2 Å². The van der Waals surface area contributed by atoms with Crippen molar-refractivity contribution in [3.05, 3.63) is 23.8 Å². The van der Waals surface area contributed by atoms with Crippen LogP contribution in [0.25, 0.3) is 0 Å². The molecule has 0 radical (unpaired) electrons. The van der Waals surface area contributed by atoms with Gasteiger partial charge < -0.3 is 14.4 Å². The molecule has 0 aromatic heterocycles. The van der Waals surface area contributed by atoms with Crippen LogP contribution in [-0.4, -0.2) is 34.1 Å². The van der Waals surface area contributed by atoms with E-state index in [2.05, 4.69) is 0 Å². The fourth-order valence-corrected chi connectivity index (χ4v) is 3.33. The average Bonchev–Trinajstić information content (AvgIpc) is 2.57. The van der Waals surface area contributed by atoms with Crippen LogP contribution in [0.15, 0.2) is 23.1 Å². The van der Waals surface area contributed by atoms with Crippen molar-refractivity contribution in [1.29, 1.82) is 0 Å². The summed E-state index contributed by atoms with van der Waals surface area (Å²) in [5.41, 5.74) is 1.28. The fraction of sp³-hybridized carbons (Fsp3) is 0.588. The van der Waals surface area contributed by atoms with Crippen molar-refractivity contribution in [2.24, 2.45) is 0 Å². The monoisotopic (exact) mass is 336 g/mol. The molecule has 0 spiro atoms. The van der Waals surface area contributed by atoms with Gasteiger partial charge in [0.25, 0.3) is 0 Å². The van der Waals surface area contributed by atoms with Gasteiger partial charge in [0.05, 0.1) is 11.2 Å². The Morgan fingerprint density at radius 3 is 2.13 bits per heavy atom. The molecule has 1 saturated heterocycles. The number of rotatable bonds is 4. The maximum Gasteiger partial charge on any atom is 0.495 e. The van der Waals surface area contributed by atoms with E-state index in [1.807, 2.05) is 52.8 Å². The molecule has 1 aliphatic rings. The average molecular weight is 336 g/mol. The number of hydrogen-bond acceptors (Lipinski definition) is 4. The molecule has 0 atom stereocenters. The van der Waals surface area contributed by atoms with Gasteiger partial charge in [-0.05, 0) is 66.1 Å². The number of carboxylic acid groups (broad SMARTS) is 1. The molecule has 0 saturated carbocycles. The molecule has 1 N–H and O–H groups in total. The standard InChI is InChI=1S/C17H25BO4S/c1-11-10-12(23-15(2,3)14(19)20)8-9-13(11)18-21-16(4,5)17(6,7)22-18/h8-10H,1-7H3,(H,19,20). The van der Waals surface area contributed by atoms with Gasteiger partial charge in [-0.3, -0.25) is 4.79 Å². The molecular weight excluding hydrogens is 311 g/mol. The Balaban J connectivity index is 2.23. The first-order valence-corrected chi connectivity index (χ1v) is 8.56. The van der Waals surface area contributed by atoms with Crippen LogP contribution >= 0.6 is 11.8 Å². The van der Waals surface area contributed by atoms with Crippen LogP contribution in [-0.2, 0) is 14.1 Å². The summed E-state index contributed by atoms with van der Waals surface area (Å²) < 4.78 is 11.3. The zero-order valence-electron chi connectivity index (χ0n) is 14.9. The largest absolute Gasteiger partial charge is 0.495 e. The van der Waals surface area contributed by atoms with E-state index in [0.29, 0.717) is 0 Å². The van der Waals surface area contributed by atoms with Crippen molar-refractivity contribution >= 4 is 30.3 Å². The van der Waals surface area contributed by atoms with Crippen LogP contribution in [0.1, 0.15) is 47.1 Å². The second-order valence-electron chi connectivity index (χ2n) is 7.52. The summed E-state index contributed by atoms with van der Waals surface area (Å²) in [5.74, 6) is -0.824. The van der Waals surface area contributed by atoms with Crippen LogP contribution in [0.3, 0.4) is 0 Å². The molecule has 1 fully saturated rings. The van der Waals surface area contributed by atoms with Gasteiger partial charge in [-0.15, -0.1) is 11.8 Å². The molecule has 1 aromatic rings. The Bertz CT molecular complexity index is 609. The van der Waals surface area contributed by atoms with Crippen LogP contribution in [0.4, 0.5) is 0 Å². The first-order valence-electron chi connectivity index (χ1n) is 7.74. The van der Waals surface area contributed by atoms with E-state index in [1.54, 1.807) is 13.8 Å². The summed E-state index contributed by atoms with van der Waals surface area (Å²) in [6, 6.07) is 5.90. The molecule has 0 aliphatic carbocycles. The van der Waals surface area contributed by atoms with Gasteiger partial charge in [-0.2, -0.15) is 0 Å². The Morgan fingerprint density at radius 1 is 1.17 bits per heavy atom. The number of hydrogen-bond donors (Lipinski definition) is 1. The highest BCUT2D eigenvalue weighted by molar-refractivity contribution is 8.01. The molecule has 0 unspecified atom stereocenters. The molecular formula is C17H25BO4S. The van der Waals surface area contributed by atoms with Crippen molar-refractivity contribution in [3.8, 4) is 0 Å². The first-order chi connectivity index (χ1) is 10.4. The molecule has 2 rings (SSSR count). The molecule has 6 heteroatoms. The van der Waals surface area contributed by atoms with Crippen LogP contribution < -0.4 is 5.46 Å². The van der Waals surface area contributed by atoms with Gasteiger partial charge in [0.15, 0.2) is 0 Å². The van der Waals surface area contributed by atoms with Gasteiger partial charge >= 0.3 is 13.1 Å². The second-order valence-corrected chi connectivity index (χ2v) is 9.22. The van der Waals surface area contributed by atoms with Crippen molar-refractivity contribution in [1.82, 2.24) is 0 Å². The summed E-state index contributed by atoms with van der Waals surface area (Å²) in [6.45, 7) is 13.5. The Kier molecular flexibility index (Phi) is 4.66. The number of carbonyl (C=O) groups is 1. The van der Waals surface area contributed by atoms with E-state index in [4.69, 9.17) is 9.31 Å². The lowest BCUT2D eigenvalue weighted by Gasteiger charge is -2.32. The minimum Gasteiger partial charge on any atom is -0.480 e. The van der Waals surface area contributed by atoms with Gasteiger partial charge in [-0.1, -0.05) is 11.6 Å². The van der Waals surface area contributed by atoms with Gasteiger partial charge in [0, 0.05) is 4.90 Å². The van der Waals surface area contributed by atoms with E-state index in [1.165, 1.54) is 11.8 Å². The van der Waals surface area contributed by atoms with E-state index >= 15 is 0 Å². The molecule has 1 heterocycles. The number of aliphatic carboxylic acids is 1. The number of carboxylic acids is 1. The van der Waals surface area contributed by atoms with Crippen molar-refractivity contribution in [3.63, 3.8) is 0 Å². The Morgan fingerprint density at radius 2 is 1.70 bits per heavy atom. The molecule has 0 bridgehead atoms. The smallest absolute Gasteiger partial charge is 0.480 e. The molecule has 1 aromatic carbocycles. The quantitative estimate of drug-likeness (QED) is 0.676. The zero-order chi connectivity index (χ0) is 17.6. The minimum absolute atomic E-state index is 0.372. The minimum atomic E-state index is -0.863. The molecule has 4 nitrogen and oxygen atoms in total. The van der Waals surface area contributed by atoms with E-state index in [9.17, 15) is 9.90 Å². The molecule has 0 amide bonds. The maximum absolute atomic E-state index is 11.3. The highest BCUT2D eigenvalue weighted by Crippen LogP contribution is 2.37. The third-order valence-corrected chi connectivity index (χ3v) is 5.81. The number of aryl methyl sites for hydroxylation is 1. The second kappa shape index (κ2) is 5.83. The van der Waals surface area contributed by atoms with Gasteiger partial charge in [0.2, 0.25) is 0 Å². The number of thioether (sulfide) groups is 1. The van der Waals surface area contributed by atoms with Gasteiger partial charge in [0.1, 0.15) is 4.75 Å². The molecule has 126 valence electrons. The molecule has 23 heavy (non-hydrogen) atoms. The van der Waals surface area contributed by atoms with Crippen LogP contribution in [0, 0.1) is 6.92 Å². The summed E-state index contributed by atoms with van der Waals surface area (Å²) >= 11 is 1.34. The highest BCUT2D eigenvalue weighted by Gasteiger charge is 2.52. The summed E-state index contributed by atoms with van der Waals surface area (Å²) in [4.78, 5) is 12.2. The summed E-state index contributed by atoms with van der Waals surface area (Å²) in [6.07, 6.45) is 0. The maximum atomic E-state index is 11.3. The lowest BCUT2D eigenvalue weighted by atomic mass is 9.76. The molecule has 1 aliphatic heterocycles. The highest BCUT2D eigenvalue weighted by atomic mass is 32.2. The predicted octanol–water partition coefficient (Wildman–Crippen LogP) is 3.25. The van der Waals surface area contributed by atoms with Crippen molar-refractivity contribution < 1.29 is 19.2 Å². The van der Waals surface area contributed by atoms with E-state index in [0.717, 1.165) is 15.9 Å². The number of benzene rings is 1.